The van der Waals surface area contributed by atoms with Crippen LogP contribution in [0.25, 0.3) is 0 Å². The summed E-state index contributed by atoms with van der Waals surface area (Å²) in [5, 5.41) is 12.5. The van der Waals surface area contributed by atoms with Crippen LogP contribution in [0.2, 0.25) is 0 Å². The Morgan fingerprint density at radius 2 is 2.14 bits per heavy atom. The van der Waals surface area contributed by atoms with Crippen LogP contribution in [0.1, 0.15) is 19.3 Å². The van der Waals surface area contributed by atoms with Crippen molar-refractivity contribution in [2.75, 3.05) is 11.9 Å². The number of aromatic nitrogens is 2. The maximum atomic E-state index is 9.34. The standard InChI is InChI=1S/C10H15N3O/c14-9-3-2-8(6-9)7-13-10-11-4-1-5-12-10/h1,4-5,8-9,14H,2-3,6-7H2,(H,11,12,13). The lowest BCUT2D eigenvalue weighted by Gasteiger charge is -2.09. The van der Waals surface area contributed by atoms with Gasteiger partial charge in [-0.05, 0) is 31.2 Å². The molecule has 76 valence electrons. The third-order valence-corrected chi connectivity index (χ3v) is 2.63. The molecule has 4 heteroatoms. The second-order valence-corrected chi connectivity index (χ2v) is 3.79. The number of anilines is 1. The van der Waals surface area contributed by atoms with E-state index in [9.17, 15) is 5.11 Å². The summed E-state index contributed by atoms with van der Waals surface area (Å²) in [5.74, 6) is 1.24. The van der Waals surface area contributed by atoms with Crippen LogP contribution in [0.4, 0.5) is 5.95 Å². The summed E-state index contributed by atoms with van der Waals surface area (Å²) >= 11 is 0. The molecule has 1 aliphatic carbocycles. The third-order valence-electron chi connectivity index (χ3n) is 2.63. The second kappa shape index (κ2) is 4.37. The highest BCUT2D eigenvalue weighted by Gasteiger charge is 2.22. The monoisotopic (exact) mass is 193 g/mol. The quantitative estimate of drug-likeness (QED) is 0.753. The lowest BCUT2D eigenvalue weighted by atomic mass is 10.1. The van der Waals surface area contributed by atoms with Crippen molar-refractivity contribution in [1.29, 1.82) is 0 Å². The Labute approximate surface area is 83.4 Å². The van der Waals surface area contributed by atoms with Gasteiger partial charge in [0.25, 0.3) is 0 Å². The summed E-state index contributed by atoms with van der Waals surface area (Å²) in [5.41, 5.74) is 0. The fraction of sp³-hybridized carbons (Fsp3) is 0.600. The van der Waals surface area contributed by atoms with E-state index in [0.29, 0.717) is 11.9 Å². The molecule has 2 unspecified atom stereocenters. The normalized spacial score (nSPS) is 26.4. The van der Waals surface area contributed by atoms with Gasteiger partial charge in [0.15, 0.2) is 0 Å². The molecule has 0 saturated heterocycles. The Bertz CT molecular complexity index is 278. The molecule has 0 spiro atoms. The van der Waals surface area contributed by atoms with Crippen LogP contribution >= 0.6 is 0 Å². The van der Waals surface area contributed by atoms with Crippen molar-refractivity contribution in [2.45, 2.75) is 25.4 Å². The maximum absolute atomic E-state index is 9.34. The van der Waals surface area contributed by atoms with Crippen LogP contribution in [0, 0.1) is 5.92 Å². The average Bonchev–Trinajstić information content (AvgIpc) is 2.63. The molecule has 0 aliphatic heterocycles. The highest BCUT2D eigenvalue weighted by atomic mass is 16.3. The highest BCUT2D eigenvalue weighted by molar-refractivity contribution is 5.22. The van der Waals surface area contributed by atoms with Crippen LogP contribution in [-0.4, -0.2) is 27.7 Å². The second-order valence-electron chi connectivity index (χ2n) is 3.79. The third kappa shape index (κ3) is 2.42. The first-order valence-electron chi connectivity index (χ1n) is 5.03. The SMILES string of the molecule is OC1CCC(CNc2ncccn2)C1. The number of hydrogen-bond acceptors (Lipinski definition) is 4. The van der Waals surface area contributed by atoms with Crippen molar-refractivity contribution in [3.8, 4) is 0 Å². The van der Waals surface area contributed by atoms with Crippen LogP contribution in [0.15, 0.2) is 18.5 Å². The average molecular weight is 193 g/mol. The Kier molecular flexibility index (Phi) is 2.93. The summed E-state index contributed by atoms with van der Waals surface area (Å²) < 4.78 is 0. The number of nitrogens with zero attached hydrogens (tertiary/aromatic N) is 2. The first-order chi connectivity index (χ1) is 6.84. The predicted molar refractivity (Wildman–Crippen MR) is 53.9 cm³/mol. The van der Waals surface area contributed by atoms with Crippen molar-refractivity contribution in [1.82, 2.24) is 9.97 Å². The summed E-state index contributed by atoms with van der Waals surface area (Å²) in [6, 6.07) is 1.80. The molecule has 0 aromatic carbocycles. The van der Waals surface area contributed by atoms with Gasteiger partial charge in [-0.25, -0.2) is 9.97 Å². The Morgan fingerprint density at radius 1 is 1.36 bits per heavy atom. The summed E-state index contributed by atoms with van der Waals surface area (Å²) in [6.07, 6.45) is 6.28. The van der Waals surface area contributed by atoms with Gasteiger partial charge in [0.05, 0.1) is 6.10 Å². The van der Waals surface area contributed by atoms with E-state index in [1.807, 2.05) is 0 Å². The molecule has 1 aromatic heterocycles. The number of nitrogens with one attached hydrogen (secondary N) is 1. The molecule has 0 amide bonds. The summed E-state index contributed by atoms with van der Waals surface area (Å²) in [6.45, 7) is 0.862. The van der Waals surface area contributed by atoms with Gasteiger partial charge in [0.1, 0.15) is 0 Å². The lowest BCUT2D eigenvalue weighted by Crippen LogP contribution is -2.13. The molecule has 1 heterocycles. The van der Waals surface area contributed by atoms with E-state index in [1.54, 1.807) is 18.5 Å². The molecule has 1 aromatic rings. The van der Waals surface area contributed by atoms with Gasteiger partial charge in [-0.3, -0.25) is 0 Å². The molecule has 2 N–H and O–H groups in total. The molecular weight excluding hydrogens is 178 g/mol. The van der Waals surface area contributed by atoms with Gasteiger partial charge >= 0.3 is 0 Å². The number of rotatable bonds is 3. The predicted octanol–water partition coefficient (Wildman–Crippen LogP) is 1.05. The highest BCUT2D eigenvalue weighted by Crippen LogP contribution is 2.25. The maximum Gasteiger partial charge on any atom is 0.222 e. The fourth-order valence-corrected chi connectivity index (χ4v) is 1.86. The first kappa shape index (κ1) is 9.40. The van der Waals surface area contributed by atoms with Crippen molar-refractivity contribution in [2.24, 2.45) is 5.92 Å². The van der Waals surface area contributed by atoms with Gasteiger partial charge < -0.3 is 10.4 Å². The Hall–Kier alpha value is -1.16. The van der Waals surface area contributed by atoms with Crippen LogP contribution in [0.5, 0.6) is 0 Å². The van der Waals surface area contributed by atoms with Crippen molar-refractivity contribution >= 4 is 5.95 Å². The molecule has 2 rings (SSSR count). The lowest BCUT2D eigenvalue weighted by molar-refractivity contribution is 0.178. The molecule has 4 nitrogen and oxygen atoms in total. The fourth-order valence-electron chi connectivity index (χ4n) is 1.86. The minimum absolute atomic E-state index is 0.0986. The largest absolute Gasteiger partial charge is 0.393 e. The van der Waals surface area contributed by atoms with E-state index in [4.69, 9.17) is 0 Å². The van der Waals surface area contributed by atoms with E-state index < -0.39 is 0 Å². The van der Waals surface area contributed by atoms with Crippen molar-refractivity contribution < 1.29 is 5.11 Å². The summed E-state index contributed by atoms with van der Waals surface area (Å²) in [4.78, 5) is 8.15. The van der Waals surface area contributed by atoms with Crippen LogP contribution in [0.3, 0.4) is 0 Å². The molecule has 2 atom stereocenters. The van der Waals surface area contributed by atoms with Gasteiger partial charge in [0, 0.05) is 18.9 Å². The molecular formula is C10H15N3O. The molecule has 0 radical (unpaired) electrons. The van der Waals surface area contributed by atoms with E-state index >= 15 is 0 Å². The van der Waals surface area contributed by atoms with Crippen molar-refractivity contribution in [3.05, 3.63) is 18.5 Å². The van der Waals surface area contributed by atoms with Crippen LogP contribution in [-0.2, 0) is 0 Å². The smallest absolute Gasteiger partial charge is 0.222 e. The van der Waals surface area contributed by atoms with Gasteiger partial charge in [-0.1, -0.05) is 0 Å². The Morgan fingerprint density at radius 3 is 2.79 bits per heavy atom. The number of aliphatic hydroxyl groups excluding tert-OH is 1. The molecule has 1 fully saturated rings. The number of hydrogen-bond donors (Lipinski definition) is 2. The Balaban J connectivity index is 1.78. The minimum Gasteiger partial charge on any atom is -0.393 e. The van der Waals surface area contributed by atoms with Gasteiger partial charge in [-0.2, -0.15) is 0 Å². The molecule has 0 bridgehead atoms. The molecule has 1 aliphatic rings. The van der Waals surface area contributed by atoms with Gasteiger partial charge in [0.2, 0.25) is 5.95 Å². The molecule has 1 saturated carbocycles. The van der Waals surface area contributed by atoms with E-state index in [0.717, 1.165) is 25.8 Å². The van der Waals surface area contributed by atoms with Crippen LogP contribution < -0.4 is 5.32 Å². The van der Waals surface area contributed by atoms with Crippen molar-refractivity contribution in [3.63, 3.8) is 0 Å². The molecule has 14 heavy (non-hydrogen) atoms. The first-order valence-corrected chi connectivity index (χ1v) is 5.03. The van der Waals surface area contributed by atoms with Gasteiger partial charge in [-0.15, -0.1) is 0 Å². The zero-order chi connectivity index (χ0) is 9.80. The van der Waals surface area contributed by atoms with E-state index in [-0.39, 0.29) is 6.10 Å². The van der Waals surface area contributed by atoms with E-state index in [2.05, 4.69) is 15.3 Å². The topological polar surface area (TPSA) is 58.0 Å². The van der Waals surface area contributed by atoms with E-state index in [1.165, 1.54) is 0 Å². The number of aliphatic hydroxyl groups is 1. The minimum atomic E-state index is -0.0986. The summed E-state index contributed by atoms with van der Waals surface area (Å²) in [7, 11) is 0. The zero-order valence-electron chi connectivity index (χ0n) is 8.06. The zero-order valence-corrected chi connectivity index (χ0v) is 8.06.